The molecule has 0 unspecified atom stereocenters. The fourth-order valence-corrected chi connectivity index (χ4v) is 3.70. The Morgan fingerprint density at radius 2 is 1.74 bits per heavy atom. The third-order valence-corrected chi connectivity index (χ3v) is 5.25. The fourth-order valence-electron chi connectivity index (χ4n) is 2.95. The maximum absolute atomic E-state index is 7.95. The molecule has 0 bridgehead atoms. The zero-order chi connectivity index (χ0) is 22.5. The van der Waals surface area contributed by atoms with Crippen LogP contribution in [0.2, 0.25) is 0 Å². The molecule has 8 heteroatoms. The number of hydrogen-bond donors (Lipinski definition) is 3. The first-order valence-electron chi connectivity index (χ1n) is 10.6. The van der Waals surface area contributed by atoms with Gasteiger partial charge in [0.25, 0.3) is 0 Å². The van der Waals surface area contributed by atoms with Crippen LogP contribution < -0.4 is 15.4 Å². The molecular weight excluding hydrogens is 410 g/mol. The maximum atomic E-state index is 7.95. The summed E-state index contributed by atoms with van der Waals surface area (Å²) in [5, 5.41) is 14.1. The van der Waals surface area contributed by atoms with Crippen LogP contribution >= 0.6 is 11.8 Å². The molecule has 1 aromatic heterocycles. The fraction of sp³-hybridized carbons (Fsp3) is 0.522. The Morgan fingerprint density at radius 1 is 1.00 bits per heavy atom. The summed E-state index contributed by atoms with van der Waals surface area (Å²) >= 11 is 1.80. The summed E-state index contributed by atoms with van der Waals surface area (Å²) in [4.78, 5) is 4.23. The van der Waals surface area contributed by atoms with Gasteiger partial charge in [0.05, 0.1) is 18.9 Å². The molecule has 3 N–H and O–H groups in total. The van der Waals surface area contributed by atoms with Crippen molar-refractivity contribution in [3.63, 3.8) is 0 Å². The summed E-state index contributed by atoms with van der Waals surface area (Å²) in [5.41, 5.74) is 1.24. The van der Waals surface area contributed by atoms with Crippen molar-refractivity contribution in [3.8, 4) is 5.75 Å². The molecule has 0 saturated carbocycles. The quantitative estimate of drug-likeness (QED) is 0.233. The van der Waals surface area contributed by atoms with Gasteiger partial charge >= 0.3 is 0 Å². The molecule has 0 aliphatic carbocycles. The first-order valence-corrected chi connectivity index (χ1v) is 11.8. The average molecular weight is 448 g/mol. The van der Waals surface area contributed by atoms with Crippen molar-refractivity contribution in [1.29, 1.82) is 5.41 Å². The number of ether oxygens (including phenoxy) is 1. The van der Waals surface area contributed by atoms with Gasteiger partial charge in [-0.25, -0.2) is 0 Å². The molecule has 0 radical (unpaired) electrons. The molecule has 2 aromatic rings. The first-order chi connectivity index (χ1) is 14.9. The topological polar surface area (TPSA) is 76.8 Å². The molecule has 7 nitrogen and oxygen atoms in total. The van der Waals surface area contributed by atoms with Crippen LogP contribution in [0.25, 0.3) is 0 Å². The van der Waals surface area contributed by atoms with E-state index in [0.717, 1.165) is 54.8 Å². The zero-order valence-electron chi connectivity index (χ0n) is 19.2. The Morgan fingerprint density at radius 3 is 2.52 bits per heavy atom. The van der Waals surface area contributed by atoms with E-state index in [2.05, 4.69) is 46.7 Å². The van der Waals surface area contributed by atoms with Crippen molar-refractivity contribution in [2.45, 2.75) is 25.3 Å². The van der Waals surface area contributed by atoms with Gasteiger partial charge in [-0.15, -0.1) is 0 Å². The highest BCUT2D eigenvalue weighted by molar-refractivity contribution is 7.98. The molecule has 0 atom stereocenters. The summed E-state index contributed by atoms with van der Waals surface area (Å²) in [6, 6.07) is 12.3. The molecule has 172 valence electrons. The minimum atomic E-state index is 0.361. The van der Waals surface area contributed by atoms with E-state index in [4.69, 9.17) is 14.6 Å². The highest BCUT2D eigenvalue weighted by Crippen LogP contribution is 2.16. The van der Waals surface area contributed by atoms with E-state index in [1.54, 1.807) is 11.8 Å². The third-order valence-electron chi connectivity index (χ3n) is 4.27. The number of nitrogens with zero attached hydrogens (tertiary/aromatic N) is 2. The van der Waals surface area contributed by atoms with Crippen LogP contribution in [-0.2, 0) is 18.8 Å². The lowest BCUT2D eigenvalue weighted by Gasteiger charge is -2.12. The van der Waals surface area contributed by atoms with Gasteiger partial charge in [0, 0.05) is 25.4 Å². The number of guanidine groups is 1. The molecule has 0 amide bonds. The Kier molecular flexibility index (Phi) is 11.3. The van der Waals surface area contributed by atoms with Crippen LogP contribution in [0.5, 0.6) is 5.75 Å². The SMILES string of the molecule is CN(C)Cc1cccc(OCCCNC(=N)NCCSCc2ccc(CN(C)C)o2)c1. The van der Waals surface area contributed by atoms with Crippen molar-refractivity contribution < 1.29 is 9.15 Å². The minimum Gasteiger partial charge on any atom is -0.494 e. The molecule has 0 aliphatic rings. The van der Waals surface area contributed by atoms with Gasteiger partial charge in [-0.05, 0) is 64.4 Å². The standard InChI is InChI=1S/C23H37N5O2S/c1-27(2)16-19-7-5-8-20(15-19)29-13-6-11-25-23(24)26-12-14-31-18-22-10-9-21(30-22)17-28(3)4/h5,7-10,15H,6,11-14,16-18H2,1-4H3,(H3,24,25,26). The predicted octanol–water partition coefficient (Wildman–Crippen LogP) is 3.22. The van der Waals surface area contributed by atoms with Gasteiger partial charge in [-0.3, -0.25) is 5.41 Å². The van der Waals surface area contributed by atoms with Crippen LogP contribution in [0.4, 0.5) is 0 Å². The van der Waals surface area contributed by atoms with Crippen LogP contribution in [0, 0.1) is 5.41 Å². The lowest BCUT2D eigenvalue weighted by molar-refractivity contribution is 0.310. The van der Waals surface area contributed by atoms with Gasteiger partial charge in [0.15, 0.2) is 5.96 Å². The summed E-state index contributed by atoms with van der Waals surface area (Å²) in [6.07, 6.45) is 0.838. The van der Waals surface area contributed by atoms with Crippen molar-refractivity contribution in [3.05, 3.63) is 53.5 Å². The first kappa shape index (κ1) is 25.1. The molecular formula is C23H37N5O2S. The van der Waals surface area contributed by atoms with Crippen LogP contribution in [-0.4, -0.2) is 69.4 Å². The normalized spacial score (nSPS) is 11.2. The zero-order valence-corrected chi connectivity index (χ0v) is 20.1. The summed E-state index contributed by atoms with van der Waals surface area (Å²) in [5.74, 6) is 5.02. The van der Waals surface area contributed by atoms with E-state index < -0.39 is 0 Å². The molecule has 1 aromatic carbocycles. The molecule has 1 heterocycles. The Hall–Kier alpha value is -2.16. The number of furan rings is 1. The lowest BCUT2D eigenvalue weighted by Crippen LogP contribution is -2.38. The van der Waals surface area contributed by atoms with Crippen LogP contribution in [0.1, 0.15) is 23.5 Å². The predicted molar refractivity (Wildman–Crippen MR) is 130 cm³/mol. The lowest BCUT2D eigenvalue weighted by atomic mass is 10.2. The number of rotatable bonds is 14. The second kappa shape index (κ2) is 14.0. The van der Waals surface area contributed by atoms with E-state index in [1.165, 1.54) is 5.56 Å². The van der Waals surface area contributed by atoms with Gasteiger partial charge in [0.2, 0.25) is 0 Å². The van der Waals surface area contributed by atoms with E-state index in [1.807, 2.05) is 38.4 Å². The molecule has 0 fully saturated rings. The van der Waals surface area contributed by atoms with Crippen molar-refractivity contribution in [2.24, 2.45) is 0 Å². The third kappa shape index (κ3) is 11.1. The Bertz CT molecular complexity index is 779. The smallest absolute Gasteiger partial charge is 0.188 e. The number of thioether (sulfide) groups is 1. The molecule has 31 heavy (non-hydrogen) atoms. The molecule has 2 rings (SSSR count). The van der Waals surface area contributed by atoms with Crippen molar-refractivity contribution in [1.82, 2.24) is 20.4 Å². The van der Waals surface area contributed by atoms with Crippen LogP contribution in [0.3, 0.4) is 0 Å². The average Bonchev–Trinajstić information content (AvgIpc) is 3.13. The van der Waals surface area contributed by atoms with E-state index in [-0.39, 0.29) is 0 Å². The van der Waals surface area contributed by atoms with Crippen molar-refractivity contribution >= 4 is 17.7 Å². The second-order valence-corrected chi connectivity index (χ2v) is 9.08. The van der Waals surface area contributed by atoms with Gasteiger partial charge in [-0.1, -0.05) is 12.1 Å². The number of benzene rings is 1. The Labute approximate surface area is 191 Å². The highest BCUT2D eigenvalue weighted by atomic mass is 32.2. The van der Waals surface area contributed by atoms with E-state index in [0.29, 0.717) is 19.1 Å². The van der Waals surface area contributed by atoms with E-state index in [9.17, 15) is 0 Å². The van der Waals surface area contributed by atoms with E-state index >= 15 is 0 Å². The summed E-state index contributed by atoms with van der Waals surface area (Å²) in [6.45, 7) is 3.80. The molecule has 0 aliphatic heterocycles. The number of hydrogen-bond acceptors (Lipinski definition) is 6. The molecule has 0 spiro atoms. The van der Waals surface area contributed by atoms with Crippen LogP contribution in [0.15, 0.2) is 40.8 Å². The maximum Gasteiger partial charge on any atom is 0.188 e. The summed E-state index contributed by atoms with van der Waals surface area (Å²) in [7, 11) is 8.18. The highest BCUT2D eigenvalue weighted by Gasteiger charge is 2.04. The van der Waals surface area contributed by atoms with Crippen molar-refractivity contribution in [2.75, 3.05) is 53.6 Å². The van der Waals surface area contributed by atoms with Gasteiger partial charge in [0.1, 0.15) is 17.3 Å². The molecule has 0 saturated heterocycles. The largest absolute Gasteiger partial charge is 0.494 e. The monoisotopic (exact) mass is 447 g/mol. The van der Waals surface area contributed by atoms with Gasteiger partial charge in [-0.2, -0.15) is 11.8 Å². The Balaban J connectivity index is 1.48. The second-order valence-electron chi connectivity index (χ2n) is 7.97. The number of nitrogens with one attached hydrogen (secondary N) is 3. The minimum absolute atomic E-state index is 0.361. The summed E-state index contributed by atoms with van der Waals surface area (Å²) < 4.78 is 11.6. The van der Waals surface area contributed by atoms with Gasteiger partial charge < -0.3 is 29.6 Å².